The van der Waals surface area contributed by atoms with E-state index >= 15 is 0 Å². The summed E-state index contributed by atoms with van der Waals surface area (Å²) in [6, 6.07) is 0. The predicted molar refractivity (Wildman–Crippen MR) is 33.0 cm³/mol. The average Bonchev–Trinajstić information content (AvgIpc) is 2.16. The van der Waals surface area contributed by atoms with E-state index in [2.05, 4.69) is 5.32 Å². The molecule has 3 heteroatoms. The molecule has 1 aliphatic heterocycles. The molecular formula is C6H12FNO. The summed E-state index contributed by atoms with van der Waals surface area (Å²) in [5, 5.41) is 11.8. The fraction of sp³-hybridized carbons (Fsp3) is 1.00. The molecule has 9 heavy (non-hydrogen) atoms. The first-order valence-corrected chi connectivity index (χ1v) is 3.23. The van der Waals surface area contributed by atoms with Gasteiger partial charge in [0.1, 0.15) is 5.67 Å². The van der Waals surface area contributed by atoms with Crippen molar-refractivity contribution in [3.05, 3.63) is 0 Å². The van der Waals surface area contributed by atoms with Crippen molar-refractivity contribution in [2.75, 3.05) is 13.1 Å². The number of aliphatic hydroxyl groups excluding tert-OH is 1. The van der Waals surface area contributed by atoms with E-state index in [1.165, 1.54) is 6.92 Å². The van der Waals surface area contributed by atoms with Gasteiger partial charge >= 0.3 is 0 Å². The van der Waals surface area contributed by atoms with Gasteiger partial charge < -0.3 is 10.4 Å². The zero-order chi connectivity index (χ0) is 6.91. The first-order valence-electron chi connectivity index (χ1n) is 3.23. The maximum absolute atomic E-state index is 13.1. The van der Waals surface area contributed by atoms with E-state index < -0.39 is 11.8 Å². The summed E-state index contributed by atoms with van der Waals surface area (Å²) in [6.07, 6.45) is -0.405. The third kappa shape index (κ3) is 1.22. The van der Waals surface area contributed by atoms with Crippen LogP contribution in [0.2, 0.25) is 0 Å². The lowest BCUT2D eigenvalue weighted by Crippen LogP contribution is -2.37. The highest BCUT2D eigenvalue weighted by Gasteiger charge is 2.38. The van der Waals surface area contributed by atoms with Gasteiger partial charge in [0.25, 0.3) is 0 Å². The van der Waals surface area contributed by atoms with Gasteiger partial charge in [-0.1, -0.05) is 0 Å². The van der Waals surface area contributed by atoms with E-state index in [0.29, 0.717) is 19.5 Å². The number of aliphatic hydroxyl groups is 1. The van der Waals surface area contributed by atoms with Gasteiger partial charge in [-0.2, -0.15) is 0 Å². The topological polar surface area (TPSA) is 32.3 Å². The van der Waals surface area contributed by atoms with Crippen molar-refractivity contribution >= 4 is 0 Å². The van der Waals surface area contributed by atoms with Gasteiger partial charge in [0.2, 0.25) is 0 Å². The van der Waals surface area contributed by atoms with E-state index in [4.69, 9.17) is 5.11 Å². The third-order valence-electron chi connectivity index (χ3n) is 1.88. The second-order valence-electron chi connectivity index (χ2n) is 2.64. The summed E-state index contributed by atoms with van der Waals surface area (Å²) in [4.78, 5) is 0. The van der Waals surface area contributed by atoms with Crippen LogP contribution in [-0.4, -0.2) is 30.0 Å². The van der Waals surface area contributed by atoms with Crippen molar-refractivity contribution < 1.29 is 9.50 Å². The Morgan fingerprint density at radius 1 is 1.78 bits per heavy atom. The van der Waals surface area contributed by atoms with Crippen LogP contribution in [0.3, 0.4) is 0 Å². The van der Waals surface area contributed by atoms with E-state index in [0.717, 1.165) is 0 Å². The minimum atomic E-state index is -1.36. The maximum Gasteiger partial charge on any atom is 0.149 e. The molecule has 2 unspecified atom stereocenters. The number of hydrogen-bond donors (Lipinski definition) is 2. The molecule has 54 valence electrons. The van der Waals surface area contributed by atoms with Crippen molar-refractivity contribution in [2.24, 2.45) is 0 Å². The molecule has 1 saturated heterocycles. The largest absolute Gasteiger partial charge is 0.390 e. The van der Waals surface area contributed by atoms with Gasteiger partial charge in [-0.05, 0) is 19.9 Å². The minimum absolute atomic E-state index is 0.296. The Morgan fingerprint density at radius 3 is 2.67 bits per heavy atom. The molecule has 1 fully saturated rings. The minimum Gasteiger partial charge on any atom is -0.390 e. The second-order valence-corrected chi connectivity index (χ2v) is 2.64. The Balaban J connectivity index is 2.51. The van der Waals surface area contributed by atoms with Gasteiger partial charge in [-0.3, -0.25) is 0 Å². The Bertz CT molecular complexity index is 99.2. The molecule has 2 nitrogen and oxygen atoms in total. The fourth-order valence-corrected chi connectivity index (χ4v) is 1.04. The van der Waals surface area contributed by atoms with Crippen molar-refractivity contribution in [3.8, 4) is 0 Å². The molecule has 0 radical (unpaired) electrons. The molecule has 0 bridgehead atoms. The van der Waals surface area contributed by atoms with Crippen molar-refractivity contribution in [1.82, 2.24) is 5.32 Å². The molecule has 0 aliphatic carbocycles. The molecule has 2 N–H and O–H groups in total. The number of halogens is 1. The molecule has 0 amide bonds. The van der Waals surface area contributed by atoms with Gasteiger partial charge in [-0.15, -0.1) is 0 Å². The van der Waals surface area contributed by atoms with Crippen LogP contribution in [0.4, 0.5) is 4.39 Å². The zero-order valence-corrected chi connectivity index (χ0v) is 5.52. The highest BCUT2D eigenvalue weighted by atomic mass is 19.1. The van der Waals surface area contributed by atoms with Gasteiger partial charge in [0.15, 0.2) is 0 Å². The van der Waals surface area contributed by atoms with Crippen LogP contribution in [0.25, 0.3) is 0 Å². The van der Waals surface area contributed by atoms with Crippen LogP contribution in [-0.2, 0) is 0 Å². The number of rotatable bonds is 1. The smallest absolute Gasteiger partial charge is 0.149 e. The van der Waals surface area contributed by atoms with Crippen LogP contribution in [0.15, 0.2) is 0 Å². The lowest BCUT2D eigenvalue weighted by atomic mass is 10.00. The SMILES string of the molecule is CC(O)C1(F)CCNC1. The summed E-state index contributed by atoms with van der Waals surface area (Å²) < 4.78 is 13.1. The molecule has 1 aliphatic rings. The summed E-state index contributed by atoms with van der Waals surface area (Å²) in [5.74, 6) is 0. The standard InChI is InChI=1S/C6H12FNO/c1-5(9)6(7)2-3-8-4-6/h5,8-9H,2-4H2,1H3. The fourth-order valence-electron chi connectivity index (χ4n) is 1.04. The number of alkyl halides is 1. The Kier molecular flexibility index (Phi) is 1.73. The molecule has 0 aromatic carbocycles. The first-order chi connectivity index (χ1) is 4.15. The van der Waals surface area contributed by atoms with Crippen LogP contribution in [0.5, 0.6) is 0 Å². The molecule has 0 saturated carbocycles. The Hall–Kier alpha value is -0.150. The maximum atomic E-state index is 13.1. The van der Waals surface area contributed by atoms with Crippen LogP contribution < -0.4 is 5.32 Å². The molecule has 0 spiro atoms. The quantitative estimate of drug-likeness (QED) is 0.530. The van der Waals surface area contributed by atoms with Crippen molar-refractivity contribution in [1.29, 1.82) is 0 Å². The van der Waals surface area contributed by atoms with Gasteiger partial charge in [0.05, 0.1) is 6.10 Å². The van der Waals surface area contributed by atoms with Crippen LogP contribution in [0.1, 0.15) is 13.3 Å². The lowest BCUT2D eigenvalue weighted by molar-refractivity contribution is 0.0179. The Labute approximate surface area is 54.1 Å². The summed E-state index contributed by atoms with van der Waals surface area (Å²) >= 11 is 0. The first kappa shape index (κ1) is 6.96. The van der Waals surface area contributed by atoms with Crippen LogP contribution in [0, 0.1) is 0 Å². The summed E-state index contributed by atoms with van der Waals surface area (Å²) in [6.45, 7) is 2.47. The van der Waals surface area contributed by atoms with Crippen molar-refractivity contribution in [2.45, 2.75) is 25.1 Å². The highest BCUT2D eigenvalue weighted by Crippen LogP contribution is 2.23. The van der Waals surface area contributed by atoms with Crippen LogP contribution >= 0.6 is 0 Å². The highest BCUT2D eigenvalue weighted by molar-refractivity contribution is 4.92. The summed E-state index contributed by atoms with van der Waals surface area (Å²) in [5.41, 5.74) is -1.36. The van der Waals surface area contributed by atoms with E-state index in [9.17, 15) is 4.39 Å². The normalized spacial score (nSPS) is 39.0. The van der Waals surface area contributed by atoms with E-state index in [1.54, 1.807) is 0 Å². The van der Waals surface area contributed by atoms with Gasteiger partial charge in [-0.25, -0.2) is 4.39 Å². The monoisotopic (exact) mass is 133 g/mol. The summed E-state index contributed by atoms with van der Waals surface area (Å²) in [7, 11) is 0. The third-order valence-corrected chi connectivity index (χ3v) is 1.88. The molecule has 1 rings (SSSR count). The zero-order valence-electron chi connectivity index (χ0n) is 5.52. The van der Waals surface area contributed by atoms with E-state index in [1.807, 2.05) is 0 Å². The molecular weight excluding hydrogens is 121 g/mol. The predicted octanol–water partition coefficient (Wildman–Crippen LogP) is 0.0688. The Morgan fingerprint density at radius 2 is 2.44 bits per heavy atom. The number of nitrogens with one attached hydrogen (secondary N) is 1. The van der Waals surface area contributed by atoms with E-state index in [-0.39, 0.29) is 0 Å². The average molecular weight is 133 g/mol. The molecule has 1 heterocycles. The molecule has 0 aromatic heterocycles. The number of hydrogen-bond acceptors (Lipinski definition) is 2. The lowest BCUT2D eigenvalue weighted by Gasteiger charge is -2.20. The molecule has 0 aromatic rings. The second kappa shape index (κ2) is 2.23. The van der Waals surface area contributed by atoms with Crippen molar-refractivity contribution in [3.63, 3.8) is 0 Å². The molecule has 2 atom stereocenters. The van der Waals surface area contributed by atoms with Gasteiger partial charge in [0, 0.05) is 6.54 Å².